The van der Waals surface area contributed by atoms with Gasteiger partial charge >= 0.3 is 0 Å². The minimum absolute atomic E-state index is 0. The van der Waals surface area contributed by atoms with Crippen LogP contribution in [0.1, 0.15) is 44.3 Å². The van der Waals surface area contributed by atoms with Gasteiger partial charge in [0.2, 0.25) is 0 Å². The van der Waals surface area contributed by atoms with E-state index in [1.807, 2.05) is 6.20 Å². The third-order valence-corrected chi connectivity index (χ3v) is 5.33. The predicted octanol–water partition coefficient (Wildman–Crippen LogP) is 2.51. The van der Waals surface area contributed by atoms with E-state index in [1.165, 1.54) is 44.3 Å². The van der Waals surface area contributed by atoms with Crippen molar-refractivity contribution in [1.82, 2.24) is 9.55 Å². The molecule has 17 heavy (non-hydrogen) atoms. The first kappa shape index (κ1) is 12.1. The number of nitrogens with zero attached hydrogens (tertiary/aromatic N) is 2. The van der Waals surface area contributed by atoms with Gasteiger partial charge in [-0.1, -0.05) is 0 Å². The van der Waals surface area contributed by atoms with Gasteiger partial charge in [-0.15, -0.1) is 0 Å². The van der Waals surface area contributed by atoms with E-state index in [4.69, 9.17) is 0 Å². The van der Waals surface area contributed by atoms with E-state index in [1.54, 1.807) is 0 Å². The molecule has 0 spiro atoms. The van der Waals surface area contributed by atoms with Crippen LogP contribution in [0.25, 0.3) is 0 Å². The van der Waals surface area contributed by atoms with Gasteiger partial charge in [0.1, 0.15) is 5.82 Å². The number of aromatic nitrogens is 2. The molecular formula is C14H20N2Sn. The Labute approximate surface area is 120 Å². The van der Waals surface area contributed by atoms with E-state index in [9.17, 15) is 0 Å². The summed E-state index contributed by atoms with van der Waals surface area (Å²) >= 11 is 0. The quantitative estimate of drug-likeness (QED) is 0.721. The number of imidazole rings is 1. The molecule has 2 nitrogen and oxygen atoms in total. The smallest absolute Gasteiger partial charge is 0.114 e. The minimum Gasteiger partial charge on any atom is -0.338 e. The molecule has 4 saturated carbocycles. The molecule has 0 atom stereocenters. The predicted molar refractivity (Wildman–Crippen MR) is 68.8 cm³/mol. The Morgan fingerprint density at radius 1 is 1.12 bits per heavy atom. The van der Waals surface area contributed by atoms with E-state index in [2.05, 4.69) is 22.8 Å². The molecule has 4 bridgehead atoms. The summed E-state index contributed by atoms with van der Waals surface area (Å²) in [5, 5.41) is 0. The summed E-state index contributed by atoms with van der Waals surface area (Å²) in [7, 11) is 2.17. The first-order chi connectivity index (χ1) is 7.75. The SMILES string of the molecule is Cn1ccnc1C12CC3CC(CC(C3)C1)C2.[Sn]. The fourth-order valence-corrected chi connectivity index (χ4v) is 5.26. The van der Waals surface area contributed by atoms with Crippen LogP contribution in [-0.2, 0) is 12.5 Å². The van der Waals surface area contributed by atoms with Gasteiger partial charge in [0, 0.05) is 48.8 Å². The van der Waals surface area contributed by atoms with Gasteiger partial charge < -0.3 is 4.57 Å². The standard InChI is InChI=1S/C14H20N2.Sn/c1-16-3-2-15-13(16)14-7-10-4-11(8-14)6-12(5-10)9-14;/h2-3,10-12H,4-9H2,1H3;. The summed E-state index contributed by atoms with van der Waals surface area (Å²) in [6, 6.07) is 0. The Hall–Kier alpha value is 0.00870. The molecular weight excluding hydrogens is 315 g/mol. The van der Waals surface area contributed by atoms with Crippen molar-refractivity contribution in [2.75, 3.05) is 0 Å². The second-order valence-corrected chi connectivity index (χ2v) is 6.56. The Balaban J connectivity index is 0.000000902. The zero-order valence-corrected chi connectivity index (χ0v) is 13.4. The molecule has 1 aromatic heterocycles. The van der Waals surface area contributed by atoms with Crippen molar-refractivity contribution in [3.05, 3.63) is 18.2 Å². The number of aryl methyl sites for hydroxylation is 1. The van der Waals surface area contributed by atoms with Gasteiger partial charge in [-0.2, -0.15) is 0 Å². The van der Waals surface area contributed by atoms with Gasteiger partial charge in [-0.25, -0.2) is 4.98 Å². The van der Waals surface area contributed by atoms with Crippen LogP contribution < -0.4 is 0 Å². The third kappa shape index (κ3) is 1.70. The summed E-state index contributed by atoms with van der Waals surface area (Å²) in [6.07, 6.45) is 12.9. The van der Waals surface area contributed by atoms with Crippen LogP contribution in [0.3, 0.4) is 0 Å². The first-order valence-electron chi connectivity index (χ1n) is 6.73. The van der Waals surface area contributed by atoms with Crippen LogP contribution >= 0.6 is 0 Å². The van der Waals surface area contributed by atoms with Crippen molar-refractivity contribution >= 4 is 23.9 Å². The Kier molecular flexibility index (Phi) is 2.84. The number of hydrogen-bond acceptors (Lipinski definition) is 1. The second kappa shape index (κ2) is 4.00. The molecule has 1 heterocycles. The zero-order chi connectivity index (χ0) is 10.8. The monoisotopic (exact) mass is 336 g/mol. The van der Waals surface area contributed by atoms with Crippen molar-refractivity contribution in [2.45, 2.75) is 43.9 Å². The summed E-state index contributed by atoms with van der Waals surface area (Å²) in [5.41, 5.74) is 0.465. The van der Waals surface area contributed by atoms with Crippen LogP contribution in [0.2, 0.25) is 0 Å². The maximum absolute atomic E-state index is 4.67. The van der Waals surface area contributed by atoms with Crippen molar-refractivity contribution < 1.29 is 0 Å². The maximum Gasteiger partial charge on any atom is 0.114 e. The molecule has 0 N–H and O–H groups in total. The van der Waals surface area contributed by atoms with Gasteiger partial charge in [0.05, 0.1) is 0 Å². The van der Waals surface area contributed by atoms with Crippen molar-refractivity contribution in [3.8, 4) is 0 Å². The fraction of sp³-hybridized carbons (Fsp3) is 0.786. The zero-order valence-electron chi connectivity index (χ0n) is 10.5. The Bertz CT molecular complexity index is 388. The van der Waals surface area contributed by atoms with Crippen molar-refractivity contribution in [3.63, 3.8) is 0 Å². The molecule has 0 saturated heterocycles. The molecule has 5 rings (SSSR count). The van der Waals surface area contributed by atoms with Crippen LogP contribution in [0.15, 0.2) is 12.4 Å². The maximum atomic E-state index is 4.67. The van der Waals surface area contributed by atoms with E-state index in [0.29, 0.717) is 5.41 Å². The topological polar surface area (TPSA) is 17.8 Å². The molecule has 4 fully saturated rings. The molecule has 4 aliphatic rings. The fourth-order valence-electron chi connectivity index (χ4n) is 5.26. The van der Waals surface area contributed by atoms with E-state index in [-0.39, 0.29) is 23.9 Å². The Morgan fingerprint density at radius 3 is 2.06 bits per heavy atom. The third-order valence-electron chi connectivity index (χ3n) is 5.33. The summed E-state index contributed by atoms with van der Waals surface area (Å²) in [6.45, 7) is 0. The molecule has 90 valence electrons. The summed E-state index contributed by atoms with van der Waals surface area (Å²) < 4.78 is 2.27. The number of rotatable bonds is 1. The first-order valence-corrected chi connectivity index (χ1v) is 6.73. The van der Waals surface area contributed by atoms with Gasteiger partial charge in [-0.3, -0.25) is 0 Å². The molecule has 4 aliphatic carbocycles. The van der Waals surface area contributed by atoms with Crippen LogP contribution in [0.4, 0.5) is 0 Å². The molecule has 3 heteroatoms. The molecule has 0 aromatic carbocycles. The number of hydrogen-bond donors (Lipinski definition) is 0. The molecule has 0 unspecified atom stereocenters. The molecule has 0 amide bonds. The van der Waals surface area contributed by atoms with Crippen LogP contribution in [0.5, 0.6) is 0 Å². The van der Waals surface area contributed by atoms with E-state index in [0.717, 1.165) is 17.8 Å². The van der Waals surface area contributed by atoms with Gasteiger partial charge in [0.15, 0.2) is 0 Å². The van der Waals surface area contributed by atoms with Crippen molar-refractivity contribution in [1.29, 1.82) is 0 Å². The average Bonchev–Trinajstić information content (AvgIpc) is 2.62. The average molecular weight is 335 g/mol. The Morgan fingerprint density at radius 2 is 1.65 bits per heavy atom. The minimum atomic E-state index is 0. The molecule has 4 radical (unpaired) electrons. The van der Waals surface area contributed by atoms with E-state index >= 15 is 0 Å². The van der Waals surface area contributed by atoms with Gasteiger partial charge in [0.25, 0.3) is 0 Å². The second-order valence-electron chi connectivity index (χ2n) is 6.56. The normalized spacial score (nSPS) is 42.5. The summed E-state index contributed by atoms with van der Waals surface area (Å²) in [5.74, 6) is 4.43. The summed E-state index contributed by atoms with van der Waals surface area (Å²) in [4.78, 5) is 4.67. The van der Waals surface area contributed by atoms with E-state index < -0.39 is 0 Å². The molecule has 1 aromatic rings. The van der Waals surface area contributed by atoms with Gasteiger partial charge in [-0.05, 0) is 56.3 Å². The van der Waals surface area contributed by atoms with Crippen molar-refractivity contribution in [2.24, 2.45) is 24.8 Å². The van der Waals surface area contributed by atoms with Crippen LogP contribution in [0, 0.1) is 17.8 Å². The van der Waals surface area contributed by atoms with Crippen LogP contribution in [-0.4, -0.2) is 33.5 Å². The molecule has 0 aliphatic heterocycles. The largest absolute Gasteiger partial charge is 0.338 e.